The first-order chi connectivity index (χ1) is 8.38. The fourth-order valence-electron chi connectivity index (χ4n) is 2.22. The lowest BCUT2D eigenvalue weighted by atomic mass is 9.91. The van der Waals surface area contributed by atoms with Gasteiger partial charge in [0.2, 0.25) is 11.7 Å². The van der Waals surface area contributed by atoms with Crippen molar-refractivity contribution >= 4 is 0 Å². The van der Waals surface area contributed by atoms with Crippen molar-refractivity contribution in [3.05, 3.63) is 11.7 Å². The smallest absolute Gasteiger partial charge is 0.232 e. The summed E-state index contributed by atoms with van der Waals surface area (Å²) in [5.74, 6) is 1.39. The summed E-state index contributed by atoms with van der Waals surface area (Å²) in [4.78, 5) is 4.38. The number of hydrogen-bond acceptors (Lipinski definition) is 5. The van der Waals surface area contributed by atoms with Crippen LogP contribution in [0, 0.1) is 11.8 Å². The number of rotatable bonds is 6. The Bertz CT molecular complexity index is 353. The molecule has 0 bridgehead atoms. The number of nitrogens with zero attached hydrogens (tertiary/aromatic N) is 2. The number of methoxy groups -OCH3 is 1. The van der Waals surface area contributed by atoms with Crippen LogP contribution < -0.4 is 0 Å². The van der Waals surface area contributed by atoms with Crippen LogP contribution in [-0.2, 0) is 4.74 Å². The van der Waals surface area contributed by atoms with Crippen molar-refractivity contribution in [1.29, 1.82) is 0 Å². The van der Waals surface area contributed by atoms with Crippen LogP contribution in [0.15, 0.2) is 4.52 Å². The van der Waals surface area contributed by atoms with Gasteiger partial charge in [0.1, 0.15) is 6.10 Å². The molecule has 0 amide bonds. The average molecular weight is 256 g/mol. The molecule has 0 aliphatic heterocycles. The van der Waals surface area contributed by atoms with Crippen molar-refractivity contribution in [2.45, 2.75) is 52.7 Å². The third-order valence-corrected chi connectivity index (χ3v) is 3.09. The fraction of sp³-hybridized carbons (Fsp3) is 0.846. The lowest BCUT2D eigenvalue weighted by molar-refractivity contribution is 0.0555. The third-order valence-electron chi connectivity index (χ3n) is 3.09. The van der Waals surface area contributed by atoms with E-state index in [-0.39, 0.29) is 23.9 Å². The molecule has 1 aromatic heterocycles. The number of ether oxygens (including phenoxy) is 1. The third kappa shape index (κ3) is 3.29. The molecule has 0 aliphatic rings. The second-order valence-corrected chi connectivity index (χ2v) is 5.40. The number of aliphatic hydroxyl groups excluding tert-OH is 1. The molecular formula is C13H24N2O3. The topological polar surface area (TPSA) is 68.4 Å². The van der Waals surface area contributed by atoms with Gasteiger partial charge in [-0.25, -0.2) is 0 Å². The number of hydrogen-bond donors (Lipinski definition) is 1. The van der Waals surface area contributed by atoms with Crippen LogP contribution in [0.3, 0.4) is 0 Å². The van der Waals surface area contributed by atoms with E-state index in [2.05, 4.69) is 10.1 Å². The molecule has 5 nitrogen and oxygen atoms in total. The SMILES string of the molecule is COC(c1noc(C(C(C)C)C(C)O)n1)C(C)C. The Kier molecular flexibility index (Phi) is 5.28. The van der Waals surface area contributed by atoms with Gasteiger partial charge < -0.3 is 14.4 Å². The Morgan fingerprint density at radius 2 is 1.72 bits per heavy atom. The highest BCUT2D eigenvalue weighted by atomic mass is 16.5. The Labute approximate surface area is 109 Å². The van der Waals surface area contributed by atoms with E-state index in [9.17, 15) is 5.11 Å². The molecule has 104 valence electrons. The maximum Gasteiger partial charge on any atom is 0.232 e. The molecular weight excluding hydrogens is 232 g/mol. The first-order valence-corrected chi connectivity index (χ1v) is 6.42. The Morgan fingerprint density at radius 3 is 2.11 bits per heavy atom. The molecule has 18 heavy (non-hydrogen) atoms. The minimum atomic E-state index is -0.515. The van der Waals surface area contributed by atoms with Gasteiger partial charge in [0.05, 0.1) is 12.0 Å². The van der Waals surface area contributed by atoms with Crippen molar-refractivity contribution in [2.24, 2.45) is 11.8 Å². The first kappa shape index (κ1) is 15.1. The molecule has 3 unspecified atom stereocenters. The van der Waals surface area contributed by atoms with Crippen LogP contribution >= 0.6 is 0 Å². The minimum absolute atomic E-state index is 0.143. The summed E-state index contributed by atoms with van der Waals surface area (Å²) >= 11 is 0. The van der Waals surface area contributed by atoms with Crippen molar-refractivity contribution in [3.8, 4) is 0 Å². The maximum absolute atomic E-state index is 9.79. The highest BCUT2D eigenvalue weighted by molar-refractivity contribution is 5.00. The van der Waals surface area contributed by atoms with Gasteiger partial charge in [0.15, 0.2) is 0 Å². The van der Waals surface area contributed by atoms with Gasteiger partial charge >= 0.3 is 0 Å². The molecule has 0 spiro atoms. The standard InChI is InChI=1S/C13H24N2O3/c1-7(2)10(9(5)16)13-14-12(15-18-13)11(17-6)8(3)4/h7-11,16H,1-6H3. The van der Waals surface area contributed by atoms with Gasteiger partial charge in [-0.15, -0.1) is 0 Å². The first-order valence-electron chi connectivity index (χ1n) is 6.42. The summed E-state index contributed by atoms with van der Waals surface area (Å²) in [7, 11) is 1.63. The van der Waals surface area contributed by atoms with Gasteiger partial charge in [0.25, 0.3) is 0 Å². The van der Waals surface area contributed by atoms with E-state index in [1.807, 2.05) is 27.7 Å². The van der Waals surface area contributed by atoms with E-state index in [1.165, 1.54) is 0 Å². The van der Waals surface area contributed by atoms with Crippen LogP contribution in [0.1, 0.15) is 58.4 Å². The molecule has 0 saturated carbocycles. The summed E-state index contributed by atoms with van der Waals surface area (Å²) in [6.45, 7) is 9.87. The second-order valence-electron chi connectivity index (χ2n) is 5.40. The average Bonchev–Trinajstić information content (AvgIpc) is 2.66. The molecule has 0 aliphatic carbocycles. The molecule has 0 radical (unpaired) electrons. The summed E-state index contributed by atoms with van der Waals surface area (Å²) in [6.07, 6.45) is -0.692. The summed E-state index contributed by atoms with van der Waals surface area (Å²) in [6, 6.07) is 0. The predicted octanol–water partition coefficient (Wildman–Crippen LogP) is 2.53. The number of aliphatic hydroxyl groups is 1. The fourth-order valence-corrected chi connectivity index (χ4v) is 2.22. The molecule has 1 rings (SSSR count). The van der Waals surface area contributed by atoms with Crippen molar-refractivity contribution in [1.82, 2.24) is 10.1 Å². The van der Waals surface area contributed by atoms with E-state index < -0.39 is 6.10 Å². The zero-order chi connectivity index (χ0) is 13.9. The predicted molar refractivity (Wildman–Crippen MR) is 68.1 cm³/mol. The summed E-state index contributed by atoms with van der Waals surface area (Å²) < 4.78 is 10.6. The van der Waals surface area contributed by atoms with E-state index >= 15 is 0 Å². The Morgan fingerprint density at radius 1 is 1.11 bits per heavy atom. The van der Waals surface area contributed by atoms with E-state index in [4.69, 9.17) is 9.26 Å². The maximum atomic E-state index is 9.79. The van der Waals surface area contributed by atoms with Crippen LogP contribution in [-0.4, -0.2) is 28.5 Å². The second kappa shape index (κ2) is 6.29. The van der Waals surface area contributed by atoms with Crippen molar-refractivity contribution in [3.63, 3.8) is 0 Å². The Hall–Kier alpha value is -0.940. The van der Waals surface area contributed by atoms with Gasteiger partial charge in [-0.05, 0) is 18.8 Å². The monoisotopic (exact) mass is 256 g/mol. The van der Waals surface area contributed by atoms with Crippen molar-refractivity contribution < 1.29 is 14.4 Å². The summed E-state index contributed by atoms with van der Waals surface area (Å²) in [5, 5.41) is 13.8. The van der Waals surface area contributed by atoms with Gasteiger partial charge in [-0.2, -0.15) is 4.98 Å². The van der Waals surface area contributed by atoms with Gasteiger partial charge in [-0.3, -0.25) is 0 Å². The van der Waals surface area contributed by atoms with Crippen molar-refractivity contribution in [2.75, 3.05) is 7.11 Å². The molecule has 5 heteroatoms. The summed E-state index contributed by atoms with van der Waals surface area (Å²) in [5.41, 5.74) is 0. The molecule has 3 atom stereocenters. The molecule has 1 aromatic rings. The van der Waals surface area contributed by atoms with E-state index in [0.717, 1.165) is 0 Å². The van der Waals surface area contributed by atoms with E-state index in [1.54, 1.807) is 14.0 Å². The lowest BCUT2D eigenvalue weighted by Crippen LogP contribution is -2.20. The van der Waals surface area contributed by atoms with Crippen LogP contribution in [0.4, 0.5) is 0 Å². The van der Waals surface area contributed by atoms with E-state index in [0.29, 0.717) is 11.7 Å². The molecule has 0 fully saturated rings. The largest absolute Gasteiger partial charge is 0.393 e. The highest BCUT2D eigenvalue weighted by Crippen LogP contribution is 2.29. The minimum Gasteiger partial charge on any atom is -0.393 e. The number of aromatic nitrogens is 2. The van der Waals surface area contributed by atoms with Crippen LogP contribution in [0.2, 0.25) is 0 Å². The highest BCUT2D eigenvalue weighted by Gasteiger charge is 2.29. The van der Waals surface area contributed by atoms with Gasteiger partial charge in [-0.1, -0.05) is 32.9 Å². The Balaban J connectivity index is 2.97. The van der Waals surface area contributed by atoms with Gasteiger partial charge in [0, 0.05) is 7.11 Å². The molecule has 0 saturated heterocycles. The zero-order valence-corrected chi connectivity index (χ0v) is 12.0. The zero-order valence-electron chi connectivity index (χ0n) is 12.0. The quantitative estimate of drug-likeness (QED) is 0.847. The lowest BCUT2D eigenvalue weighted by Gasteiger charge is -2.19. The molecule has 1 N–H and O–H groups in total. The molecule has 1 heterocycles. The van der Waals surface area contributed by atoms with Crippen LogP contribution in [0.5, 0.6) is 0 Å². The normalized spacial score (nSPS) is 17.2. The molecule has 0 aromatic carbocycles. The van der Waals surface area contributed by atoms with Crippen LogP contribution in [0.25, 0.3) is 0 Å².